The second kappa shape index (κ2) is 7.51. The van der Waals surface area contributed by atoms with Gasteiger partial charge in [-0.25, -0.2) is 8.42 Å². The number of anilines is 1. The Balaban J connectivity index is 1.92. The van der Waals surface area contributed by atoms with E-state index in [9.17, 15) is 26.4 Å². The molecule has 1 heterocycles. The lowest BCUT2D eigenvalue weighted by Gasteiger charge is -2.22. The van der Waals surface area contributed by atoms with E-state index < -0.39 is 27.5 Å². The Morgan fingerprint density at radius 1 is 1.40 bits per heavy atom. The van der Waals surface area contributed by atoms with E-state index in [2.05, 4.69) is 5.32 Å². The fourth-order valence-corrected chi connectivity index (χ4v) is 4.56. The summed E-state index contributed by atoms with van der Waals surface area (Å²) in [4.78, 5) is 13.8. The van der Waals surface area contributed by atoms with Gasteiger partial charge < -0.3 is 10.2 Å². The van der Waals surface area contributed by atoms with Crippen molar-refractivity contribution < 1.29 is 26.4 Å². The lowest BCUT2D eigenvalue weighted by molar-refractivity contribution is -0.137. The van der Waals surface area contributed by atoms with Crippen LogP contribution < -0.4 is 5.32 Å². The highest BCUT2D eigenvalue weighted by atomic mass is 35.5. The predicted molar refractivity (Wildman–Crippen MR) is 89.4 cm³/mol. The van der Waals surface area contributed by atoms with Gasteiger partial charge in [0.2, 0.25) is 5.91 Å². The van der Waals surface area contributed by atoms with E-state index in [-0.39, 0.29) is 34.7 Å². The molecule has 1 fully saturated rings. The molecular formula is C15H18ClF3N2O3S. The minimum Gasteiger partial charge on any atom is -0.325 e. The van der Waals surface area contributed by atoms with Crippen LogP contribution in [0.1, 0.15) is 18.4 Å². The number of nitrogens with one attached hydrogen (secondary N) is 1. The molecule has 140 valence electrons. The molecule has 0 aliphatic carbocycles. The zero-order chi connectivity index (χ0) is 18.8. The van der Waals surface area contributed by atoms with Crippen molar-refractivity contribution in [2.45, 2.75) is 25.1 Å². The van der Waals surface area contributed by atoms with Gasteiger partial charge in [0.1, 0.15) is 0 Å². The fourth-order valence-electron chi connectivity index (χ4n) is 2.59. The van der Waals surface area contributed by atoms with E-state index in [1.54, 1.807) is 11.9 Å². The Morgan fingerprint density at radius 2 is 2.08 bits per heavy atom. The lowest BCUT2D eigenvalue weighted by atomic mass is 10.2. The van der Waals surface area contributed by atoms with Crippen LogP contribution in [0.2, 0.25) is 5.02 Å². The number of sulfone groups is 1. The number of carbonyl (C=O) groups is 1. The molecule has 2 rings (SSSR count). The summed E-state index contributed by atoms with van der Waals surface area (Å²) in [5.74, 6) is -0.299. The summed E-state index contributed by atoms with van der Waals surface area (Å²) in [6, 6.07) is 2.56. The number of benzene rings is 1. The number of halogens is 4. The summed E-state index contributed by atoms with van der Waals surface area (Å²) in [5.41, 5.74) is -1.01. The largest absolute Gasteiger partial charge is 0.416 e. The van der Waals surface area contributed by atoms with Gasteiger partial charge in [-0.1, -0.05) is 11.6 Å². The standard InChI is InChI=1S/C15H18ClF3N2O3S/c1-21(11-5-7-25(23,24)9-11)6-4-14(22)20-13-8-10(15(17,18)19)2-3-12(13)16/h2-3,8,11H,4-7,9H2,1H3,(H,20,22). The first-order valence-corrected chi connectivity index (χ1v) is 9.75. The molecule has 1 aromatic rings. The topological polar surface area (TPSA) is 66.5 Å². The van der Waals surface area contributed by atoms with E-state index in [0.29, 0.717) is 13.0 Å². The van der Waals surface area contributed by atoms with Gasteiger partial charge in [0.25, 0.3) is 0 Å². The van der Waals surface area contributed by atoms with Gasteiger partial charge in [0.05, 0.1) is 27.8 Å². The summed E-state index contributed by atoms with van der Waals surface area (Å²) in [6.45, 7) is 0.294. The maximum Gasteiger partial charge on any atom is 0.416 e. The van der Waals surface area contributed by atoms with E-state index in [1.807, 2.05) is 0 Å². The van der Waals surface area contributed by atoms with Crippen LogP contribution in [0.25, 0.3) is 0 Å². The van der Waals surface area contributed by atoms with Gasteiger partial charge in [-0.3, -0.25) is 4.79 Å². The molecule has 1 unspecified atom stereocenters. The molecule has 0 bridgehead atoms. The number of rotatable bonds is 5. The second-order valence-corrected chi connectivity index (χ2v) is 8.66. The fraction of sp³-hybridized carbons (Fsp3) is 0.533. The summed E-state index contributed by atoms with van der Waals surface area (Å²) in [6.07, 6.45) is -4.00. The maximum absolute atomic E-state index is 12.7. The molecule has 5 nitrogen and oxygen atoms in total. The molecule has 1 N–H and O–H groups in total. The number of alkyl halides is 3. The maximum atomic E-state index is 12.7. The van der Waals surface area contributed by atoms with Crippen LogP contribution in [0, 0.1) is 0 Å². The van der Waals surface area contributed by atoms with Gasteiger partial charge in [-0.15, -0.1) is 0 Å². The molecule has 1 amide bonds. The van der Waals surface area contributed by atoms with Crippen LogP contribution in [0.5, 0.6) is 0 Å². The minimum absolute atomic E-state index is 0.0107. The van der Waals surface area contributed by atoms with Crippen molar-refractivity contribution in [3.63, 3.8) is 0 Å². The quantitative estimate of drug-likeness (QED) is 0.828. The Kier molecular flexibility index (Phi) is 6.01. The van der Waals surface area contributed by atoms with Gasteiger partial charge >= 0.3 is 6.18 Å². The van der Waals surface area contributed by atoms with Gasteiger partial charge in [-0.05, 0) is 31.7 Å². The molecule has 0 radical (unpaired) electrons. The van der Waals surface area contributed by atoms with Crippen molar-refractivity contribution >= 4 is 33.0 Å². The average molecular weight is 399 g/mol. The highest BCUT2D eigenvalue weighted by Gasteiger charge is 2.32. The number of amides is 1. The third-order valence-electron chi connectivity index (χ3n) is 4.09. The Hall–Kier alpha value is -1.32. The number of carbonyl (C=O) groups excluding carboxylic acids is 1. The first-order chi connectivity index (χ1) is 11.5. The summed E-state index contributed by atoms with van der Waals surface area (Å²) in [7, 11) is -1.30. The zero-order valence-corrected chi connectivity index (χ0v) is 15.0. The molecule has 10 heteroatoms. The molecule has 0 spiro atoms. The molecule has 25 heavy (non-hydrogen) atoms. The summed E-state index contributed by atoms with van der Waals surface area (Å²) >= 11 is 5.83. The van der Waals surface area contributed by atoms with Crippen LogP contribution in [0.4, 0.5) is 18.9 Å². The second-order valence-electron chi connectivity index (χ2n) is 6.03. The smallest absolute Gasteiger partial charge is 0.325 e. The molecule has 0 saturated carbocycles. The van der Waals surface area contributed by atoms with Crippen LogP contribution >= 0.6 is 11.6 Å². The number of nitrogens with zero attached hydrogens (tertiary/aromatic N) is 1. The van der Waals surface area contributed by atoms with Crippen molar-refractivity contribution in [3.8, 4) is 0 Å². The van der Waals surface area contributed by atoms with Crippen molar-refractivity contribution in [1.82, 2.24) is 4.90 Å². The van der Waals surface area contributed by atoms with Crippen molar-refractivity contribution in [3.05, 3.63) is 28.8 Å². The summed E-state index contributed by atoms with van der Waals surface area (Å²) in [5, 5.41) is 2.38. The molecule has 0 aromatic heterocycles. The van der Waals surface area contributed by atoms with Gasteiger partial charge in [0.15, 0.2) is 9.84 Å². The van der Waals surface area contributed by atoms with E-state index in [0.717, 1.165) is 18.2 Å². The molecule has 1 saturated heterocycles. The Labute approximate surface area is 149 Å². The van der Waals surface area contributed by atoms with Crippen LogP contribution in [-0.4, -0.2) is 50.4 Å². The first kappa shape index (κ1) is 20.0. The third-order valence-corrected chi connectivity index (χ3v) is 6.17. The monoisotopic (exact) mass is 398 g/mol. The van der Waals surface area contributed by atoms with E-state index in [4.69, 9.17) is 11.6 Å². The normalized spacial score (nSPS) is 20.0. The number of hydrogen-bond acceptors (Lipinski definition) is 4. The SMILES string of the molecule is CN(CCC(=O)Nc1cc(C(F)(F)F)ccc1Cl)C1CCS(=O)(=O)C1. The number of hydrogen-bond donors (Lipinski definition) is 1. The minimum atomic E-state index is -4.53. The molecule has 1 aromatic carbocycles. The van der Waals surface area contributed by atoms with Crippen LogP contribution in [-0.2, 0) is 20.8 Å². The van der Waals surface area contributed by atoms with Crippen molar-refractivity contribution in [2.24, 2.45) is 0 Å². The zero-order valence-electron chi connectivity index (χ0n) is 13.4. The van der Waals surface area contributed by atoms with Crippen molar-refractivity contribution in [2.75, 3.05) is 30.4 Å². The van der Waals surface area contributed by atoms with Crippen LogP contribution in [0.15, 0.2) is 18.2 Å². The van der Waals surface area contributed by atoms with Crippen molar-refractivity contribution in [1.29, 1.82) is 0 Å². The first-order valence-electron chi connectivity index (χ1n) is 7.55. The predicted octanol–water partition coefficient (Wildman–Crippen LogP) is 2.81. The highest BCUT2D eigenvalue weighted by molar-refractivity contribution is 7.91. The Bertz CT molecular complexity index is 753. The molecule has 1 atom stereocenters. The van der Waals surface area contributed by atoms with E-state index in [1.165, 1.54) is 0 Å². The van der Waals surface area contributed by atoms with E-state index >= 15 is 0 Å². The third kappa shape index (κ3) is 5.58. The summed E-state index contributed by atoms with van der Waals surface area (Å²) < 4.78 is 61.1. The molecular weight excluding hydrogens is 381 g/mol. The van der Waals surface area contributed by atoms with Gasteiger partial charge in [-0.2, -0.15) is 13.2 Å². The lowest BCUT2D eigenvalue weighted by Crippen LogP contribution is -2.35. The molecule has 1 aliphatic heterocycles. The highest BCUT2D eigenvalue weighted by Crippen LogP contribution is 2.33. The molecule has 1 aliphatic rings. The Morgan fingerprint density at radius 3 is 2.64 bits per heavy atom. The van der Waals surface area contributed by atoms with Crippen LogP contribution in [0.3, 0.4) is 0 Å². The van der Waals surface area contributed by atoms with Gasteiger partial charge in [0, 0.05) is 19.0 Å². The average Bonchev–Trinajstić information content (AvgIpc) is 2.86.